The number of anilines is 4. The number of nitrogen functional groups attached to an aromatic ring is 1. The van der Waals surface area contributed by atoms with Crippen LogP contribution in [0.25, 0.3) is 22.3 Å². The van der Waals surface area contributed by atoms with Gasteiger partial charge in [-0.1, -0.05) is 57.5 Å². The molecule has 3 N–H and O–H groups in total. The maximum Gasteiger partial charge on any atom is 0.338 e. The summed E-state index contributed by atoms with van der Waals surface area (Å²) in [7, 11) is 2.35. The highest BCUT2D eigenvalue weighted by Gasteiger charge is 2.39. The summed E-state index contributed by atoms with van der Waals surface area (Å²) in [5.41, 5.74) is 9.13. The third kappa shape index (κ3) is 14.3. The standard InChI is InChI=1S/C33H36F4N2O3.C24H28F4N2O2/c1-20(2)19-39(24-11-13-33(36,37)14-12-24)30-18-28(35)27(26-16-23(34)9-10-25(26)32(41)42-4)17-29(30)38-31(40)15-22-7-5-21(3)6-8-22;1-14(2)13-30(16-6-8-24(27,28)9-7-16)22-12-20(26)19(11-21(22)29)18-10-15(25)4-5-17(18)23(31)32-3/h5-10,16-18,20,24H,11-15,19H2,1-4H3,(H,38,40);4-5,10-12,14,16H,6-9,13,29H2,1-3H3. The van der Waals surface area contributed by atoms with E-state index in [-0.39, 0.29) is 132 Å². The Morgan fingerprint density at radius 2 is 1.03 bits per heavy atom. The van der Waals surface area contributed by atoms with E-state index in [4.69, 9.17) is 15.2 Å². The van der Waals surface area contributed by atoms with Crippen molar-refractivity contribution < 1.29 is 59.0 Å². The first-order valence-electron chi connectivity index (χ1n) is 24.7. The number of aryl methyl sites for hydroxylation is 1. The zero-order valence-corrected chi connectivity index (χ0v) is 42.7. The zero-order chi connectivity index (χ0) is 54.2. The first-order valence-corrected chi connectivity index (χ1v) is 24.7. The Morgan fingerprint density at radius 3 is 1.46 bits per heavy atom. The molecular weight excluding hydrogens is 973 g/mol. The molecule has 5 aromatic rings. The second-order valence-electron chi connectivity index (χ2n) is 20.1. The van der Waals surface area contributed by atoms with Gasteiger partial charge in [-0.2, -0.15) is 0 Å². The Labute approximate surface area is 427 Å². The highest BCUT2D eigenvalue weighted by Crippen LogP contribution is 2.43. The van der Waals surface area contributed by atoms with Crippen LogP contribution in [-0.4, -0.2) is 69.1 Å². The largest absolute Gasteiger partial charge is 0.465 e. The molecule has 0 radical (unpaired) electrons. The van der Waals surface area contributed by atoms with E-state index in [2.05, 4.69) is 5.32 Å². The molecule has 0 saturated heterocycles. The van der Waals surface area contributed by atoms with Gasteiger partial charge in [0.15, 0.2) is 0 Å². The van der Waals surface area contributed by atoms with Gasteiger partial charge in [-0.25, -0.2) is 44.7 Å². The predicted octanol–water partition coefficient (Wildman–Crippen LogP) is 14.0. The van der Waals surface area contributed by atoms with E-state index in [0.717, 1.165) is 35.4 Å². The first-order chi connectivity index (χ1) is 34.9. The quantitative estimate of drug-likeness (QED) is 0.0605. The molecule has 2 fully saturated rings. The number of nitrogens with zero attached hydrogens (tertiary/aromatic N) is 2. The van der Waals surface area contributed by atoms with Crippen LogP contribution in [0.1, 0.15) is 111 Å². The van der Waals surface area contributed by atoms with Crippen molar-refractivity contribution in [1.82, 2.24) is 0 Å². The number of carbonyl (C=O) groups is 3. The number of hydrogen-bond acceptors (Lipinski definition) is 8. The molecule has 1 amide bonds. The average Bonchev–Trinajstić information content (AvgIpc) is 3.34. The van der Waals surface area contributed by atoms with Crippen LogP contribution >= 0.6 is 0 Å². The molecule has 2 aliphatic carbocycles. The highest BCUT2D eigenvalue weighted by molar-refractivity contribution is 6.01. The summed E-state index contributed by atoms with van der Waals surface area (Å²) >= 11 is 0. The molecule has 2 aliphatic rings. The number of carbonyl (C=O) groups excluding carboxylic acids is 3. The third-order valence-electron chi connectivity index (χ3n) is 13.3. The molecule has 74 heavy (non-hydrogen) atoms. The topological polar surface area (TPSA) is 114 Å². The number of nitrogens with one attached hydrogen (secondary N) is 1. The van der Waals surface area contributed by atoms with Crippen molar-refractivity contribution in [3.05, 3.63) is 130 Å². The lowest BCUT2D eigenvalue weighted by Crippen LogP contribution is -2.43. The Bertz CT molecular complexity index is 2790. The van der Waals surface area contributed by atoms with E-state index < -0.39 is 47.1 Å². The van der Waals surface area contributed by atoms with Gasteiger partial charge < -0.3 is 30.3 Å². The van der Waals surface area contributed by atoms with Gasteiger partial charge in [0.25, 0.3) is 0 Å². The lowest BCUT2D eigenvalue weighted by atomic mass is 9.89. The van der Waals surface area contributed by atoms with Crippen LogP contribution in [0.3, 0.4) is 0 Å². The minimum absolute atomic E-state index is 0.00787. The van der Waals surface area contributed by atoms with Gasteiger partial charge in [-0.15, -0.1) is 0 Å². The van der Waals surface area contributed by atoms with Crippen LogP contribution in [-0.2, 0) is 20.7 Å². The number of halogens is 8. The average molecular weight is 1040 g/mol. The van der Waals surface area contributed by atoms with E-state index in [1.165, 1.54) is 50.6 Å². The van der Waals surface area contributed by atoms with Crippen LogP contribution in [0.2, 0.25) is 0 Å². The van der Waals surface area contributed by atoms with Crippen LogP contribution in [0.4, 0.5) is 57.9 Å². The normalized spacial score (nSPS) is 15.5. The molecule has 0 atom stereocenters. The molecule has 5 aromatic carbocycles. The molecule has 0 heterocycles. The molecule has 0 spiro atoms. The maximum atomic E-state index is 16.0. The summed E-state index contributed by atoms with van der Waals surface area (Å²) in [4.78, 5) is 41.6. The Balaban J connectivity index is 0.000000250. The first kappa shape index (κ1) is 56.6. The van der Waals surface area contributed by atoms with Gasteiger partial charge >= 0.3 is 11.9 Å². The molecule has 0 aliphatic heterocycles. The summed E-state index contributed by atoms with van der Waals surface area (Å²) in [6, 6.07) is 18.9. The summed E-state index contributed by atoms with van der Waals surface area (Å²) in [6.45, 7) is 10.8. The van der Waals surface area contributed by atoms with E-state index >= 15 is 8.78 Å². The van der Waals surface area contributed by atoms with Crippen LogP contribution in [0.5, 0.6) is 0 Å². The van der Waals surface area contributed by atoms with Gasteiger partial charge in [0, 0.05) is 73.1 Å². The summed E-state index contributed by atoms with van der Waals surface area (Å²) < 4.78 is 125. The number of alkyl halides is 4. The van der Waals surface area contributed by atoms with Crippen molar-refractivity contribution in [3.63, 3.8) is 0 Å². The lowest BCUT2D eigenvalue weighted by Gasteiger charge is -2.40. The monoisotopic (exact) mass is 1040 g/mol. The minimum Gasteiger partial charge on any atom is -0.465 e. The third-order valence-corrected chi connectivity index (χ3v) is 13.3. The van der Waals surface area contributed by atoms with Crippen LogP contribution in [0.15, 0.2) is 84.9 Å². The molecule has 0 unspecified atom stereocenters. The van der Waals surface area contributed by atoms with Crippen molar-refractivity contribution in [2.45, 2.75) is 116 Å². The Morgan fingerprint density at radius 1 is 0.608 bits per heavy atom. The lowest BCUT2D eigenvalue weighted by molar-refractivity contribution is -0.115. The smallest absolute Gasteiger partial charge is 0.338 e. The maximum absolute atomic E-state index is 16.0. The number of rotatable bonds is 15. The van der Waals surface area contributed by atoms with Crippen LogP contribution in [0, 0.1) is 42.0 Å². The van der Waals surface area contributed by atoms with Crippen molar-refractivity contribution in [2.75, 3.05) is 48.2 Å². The van der Waals surface area contributed by atoms with Gasteiger partial charge in [0.2, 0.25) is 17.8 Å². The van der Waals surface area contributed by atoms with E-state index in [9.17, 15) is 40.7 Å². The number of nitrogens with two attached hydrogens (primary N) is 1. The van der Waals surface area contributed by atoms with Gasteiger partial charge in [0.05, 0.1) is 54.5 Å². The molecule has 398 valence electrons. The molecule has 0 bridgehead atoms. The van der Waals surface area contributed by atoms with E-state index in [1.54, 1.807) is 0 Å². The number of hydrogen-bond donors (Lipinski definition) is 2. The second kappa shape index (κ2) is 24.1. The van der Waals surface area contributed by atoms with Crippen molar-refractivity contribution in [1.29, 1.82) is 0 Å². The summed E-state index contributed by atoms with van der Waals surface area (Å²) in [5.74, 6) is -9.79. The van der Waals surface area contributed by atoms with Gasteiger partial charge in [0.1, 0.15) is 23.3 Å². The number of esters is 2. The summed E-state index contributed by atoms with van der Waals surface area (Å²) in [5, 5.41) is 2.89. The zero-order valence-electron chi connectivity index (χ0n) is 42.7. The Hall–Kier alpha value is -6.65. The van der Waals surface area contributed by atoms with Crippen molar-refractivity contribution in [3.8, 4) is 22.3 Å². The highest BCUT2D eigenvalue weighted by atomic mass is 19.3. The fourth-order valence-corrected chi connectivity index (χ4v) is 9.63. The Kier molecular flexibility index (Phi) is 18.5. The molecule has 2 saturated carbocycles. The molecular formula is C57H64F8N4O5. The fourth-order valence-electron chi connectivity index (χ4n) is 9.63. The molecule has 7 rings (SSSR count). The second-order valence-corrected chi connectivity index (χ2v) is 20.1. The van der Waals surface area contributed by atoms with Crippen LogP contribution < -0.4 is 20.9 Å². The van der Waals surface area contributed by atoms with Gasteiger partial charge in [-0.3, -0.25) is 4.79 Å². The summed E-state index contributed by atoms with van der Waals surface area (Å²) in [6.07, 6.45) is -0.0115. The predicted molar refractivity (Wildman–Crippen MR) is 273 cm³/mol. The SMILES string of the molecule is COC(=O)c1ccc(F)cc1-c1cc(N)c(N(CC(C)C)C2CCC(F)(F)CC2)cc1F.COC(=O)c1ccc(F)cc1-c1cc(NC(=O)Cc2ccc(C)cc2)c(N(CC(C)C)C2CCC(F)(F)CC2)cc1F. The number of ether oxygens (including phenoxy) is 2. The van der Waals surface area contributed by atoms with Gasteiger partial charge in [-0.05, 0) is 111 Å². The molecule has 0 aromatic heterocycles. The van der Waals surface area contributed by atoms with E-state index in [0.29, 0.717) is 24.5 Å². The van der Waals surface area contributed by atoms with Crippen molar-refractivity contribution >= 4 is 40.6 Å². The number of methoxy groups -OCH3 is 2. The fraction of sp³-hybridized carbons (Fsp3) is 0.421. The molecule has 17 heteroatoms. The number of benzene rings is 5. The van der Waals surface area contributed by atoms with E-state index in [1.807, 2.05) is 68.7 Å². The number of amides is 1. The minimum atomic E-state index is -2.75. The molecule has 9 nitrogen and oxygen atoms in total. The van der Waals surface area contributed by atoms with Crippen molar-refractivity contribution in [2.24, 2.45) is 11.8 Å².